The van der Waals surface area contributed by atoms with Crippen molar-refractivity contribution >= 4 is 11.6 Å². The van der Waals surface area contributed by atoms with Gasteiger partial charge in [-0.2, -0.15) is 0 Å². The molecule has 1 rings (SSSR count). The molecule has 0 spiro atoms. The zero-order valence-corrected chi connectivity index (χ0v) is 8.20. The van der Waals surface area contributed by atoms with E-state index in [1.807, 2.05) is 0 Å². The minimum atomic E-state index is -0.351. The summed E-state index contributed by atoms with van der Waals surface area (Å²) in [6.45, 7) is 0.551. The highest BCUT2D eigenvalue weighted by Crippen LogP contribution is 2.22. The standard InChI is InChI=1S/C8H14ClNO3/c9-5-6-13-8-3-1-7(2-4-8)10(11)12/h7-8H,1-6H2. The normalized spacial score (nSPS) is 28.7. The van der Waals surface area contributed by atoms with Crippen molar-refractivity contribution in [3.63, 3.8) is 0 Å². The molecule has 76 valence electrons. The molecule has 0 heterocycles. The van der Waals surface area contributed by atoms with E-state index < -0.39 is 0 Å². The lowest BCUT2D eigenvalue weighted by atomic mass is 9.93. The Bertz CT molecular complexity index is 169. The molecule has 4 nitrogen and oxygen atoms in total. The van der Waals surface area contributed by atoms with Gasteiger partial charge in [-0.1, -0.05) is 0 Å². The van der Waals surface area contributed by atoms with E-state index in [1.165, 1.54) is 0 Å². The quantitative estimate of drug-likeness (QED) is 0.402. The summed E-state index contributed by atoms with van der Waals surface area (Å²) >= 11 is 5.47. The van der Waals surface area contributed by atoms with Crippen LogP contribution in [0, 0.1) is 10.1 Å². The first-order valence-electron chi connectivity index (χ1n) is 4.55. The summed E-state index contributed by atoms with van der Waals surface area (Å²) in [5.41, 5.74) is 0. The number of nitro groups is 1. The molecule has 0 saturated heterocycles. The van der Waals surface area contributed by atoms with Crippen molar-refractivity contribution in [2.75, 3.05) is 12.5 Å². The molecule has 1 aliphatic rings. The molecular formula is C8H14ClNO3. The molecular weight excluding hydrogens is 194 g/mol. The maximum absolute atomic E-state index is 10.4. The molecule has 0 aromatic rings. The fourth-order valence-electron chi connectivity index (χ4n) is 1.63. The Labute approximate surface area is 82.4 Å². The van der Waals surface area contributed by atoms with Crippen LogP contribution in [0.15, 0.2) is 0 Å². The maximum atomic E-state index is 10.4. The second-order valence-corrected chi connectivity index (χ2v) is 3.65. The van der Waals surface area contributed by atoms with Crippen LogP contribution in [0.4, 0.5) is 0 Å². The molecule has 1 saturated carbocycles. The summed E-state index contributed by atoms with van der Waals surface area (Å²) in [5.74, 6) is 0.495. The Balaban J connectivity index is 2.18. The first-order valence-corrected chi connectivity index (χ1v) is 5.08. The summed E-state index contributed by atoms with van der Waals surface area (Å²) in [7, 11) is 0. The van der Waals surface area contributed by atoms with Crippen LogP contribution in [0.1, 0.15) is 25.7 Å². The van der Waals surface area contributed by atoms with E-state index in [1.54, 1.807) is 0 Å². The number of ether oxygens (including phenoxy) is 1. The minimum absolute atomic E-state index is 0.183. The van der Waals surface area contributed by atoms with E-state index in [0.717, 1.165) is 12.8 Å². The summed E-state index contributed by atoms with van der Waals surface area (Å²) < 4.78 is 5.41. The highest BCUT2D eigenvalue weighted by Gasteiger charge is 2.28. The average molecular weight is 208 g/mol. The van der Waals surface area contributed by atoms with Crippen LogP contribution in [0.25, 0.3) is 0 Å². The van der Waals surface area contributed by atoms with Gasteiger partial charge < -0.3 is 4.74 Å². The van der Waals surface area contributed by atoms with E-state index in [9.17, 15) is 10.1 Å². The lowest BCUT2D eigenvalue weighted by Gasteiger charge is -2.23. The van der Waals surface area contributed by atoms with Gasteiger partial charge in [-0.05, 0) is 12.8 Å². The van der Waals surface area contributed by atoms with Crippen LogP contribution in [0.5, 0.6) is 0 Å². The van der Waals surface area contributed by atoms with Gasteiger partial charge in [0.05, 0.1) is 12.7 Å². The summed E-state index contributed by atoms with van der Waals surface area (Å²) in [6, 6.07) is -0.351. The number of nitrogens with zero attached hydrogens (tertiary/aromatic N) is 1. The molecule has 0 aromatic heterocycles. The molecule has 1 fully saturated rings. The molecule has 0 amide bonds. The number of halogens is 1. The number of hydrogen-bond donors (Lipinski definition) is 0. The van der Waals surface area contributed by atoms with Gasteiger partial charge in [0.2, 0.25) is 6.04 Å². The fraction of sp³-hybridized carbons (Fsp3) is 1.00. The van der Waals surface area contributed by atoms with Crippen LogP contribution >= 0.6 is 11.6 Å². The Kier molecular flexibility index (Phi) is 4.45. The molecule has 0 unspecified atom stereocenters. The van der Waals surface area contributed by atoms with Crippen LogP contribution in [0.2, 0.25) is 0 Å². The second-order valence-electron chi connectivity index (χ2n) is 3.28. The molecule has 0 N–H and O–H groups in total. The number of hydrogen-bond acceptors (Lipinski definition) is 3. The van der Waals surface area contributed by atoms with Gasteiger partial charge >= 0.3 is 0 Å². The molecule has 5 heteroatoms. The van der Waals surface area contributed by atoms with Crippen LogP contribution in [-0.4, -0.2) is 29.6 Å². The SMILES string of the molecule is O=[N+]([O-])C1CCC(OCCCl)CC1. The third kappa shape index (κ3) is 3.48. The van der Waals surface area contributed by atoms with Gasteiger partial charge in [0, 0.05) is 23.6 Å². The van der Waals surface area contributed by atoms with Crippen LogP contribution < -0.4 is 0 Å². The van der Waals surface area contributed by atoms with E-state index in [4.69, 9.17) is 16.3 Å². The first-order chi connectivity index (χ1) is 6.24. The lowest BCUT2D eigenvalue weighted by molar-refractivity contribution is -0.527. The van der Waals surface area contributed by atoms with Gasteiger partial charge in [0.25, 0.3) is 0 Å². The molecule has 0 bridgehead atoms. The smallest absolute Gasteiger partial charge is 0.213 e. The highest BCUT2D eigenvalue weighted by atomic mass is 35.5. The molecule has 0 aliphatic heterocycles. The van der Waals surface area contributed by atoms with Gasteiger partial charge in [-0.3, -0.25) is 10.1 Å². The van der Waals surface area contributed by atoms with E-state index >= 15 is 0 Å². The Hall–Kier alpha value is -0.350. The average Bonchev–Trinajstić information content (AvgIpc) is 2.15. The molecule has 0 aromatic carbocycles. The topological polar surface area (TPSA) is 52.4 Å². The van der Waals surface area contributed by atoms with Crippen molar-refractivity contribution in [3.05, 3.63) is 10.1 Å². The lowest BCUT2D eigenvalue weighted by Crippen LogP contribution is -2.30. The van der Waals surface area contributed by atoms with Gasteiger partial charge in [0.1, 0.15) is 0 Å². The van der Waals surface area contributed by atoms with Crippen molar-refractivity contribution < 1.29 is 9.66 Å². The molecule has 1 aliphatic carbocycles. The predicted octanol–water partition coefficient (Wildman–Crippen LogP) is 1.83. The summed E-state index contributed by atoms with van der Waals surface area (Å²) in [5, 5.41) is 10.4. The third-order valence-corrected chi connectivity index (χ3v) is 2.53. The van der Waals surface area contributed by atoms with Crippen molar-refractivity contribution in [2.45, 2.75) is 37.8 Å². The number of alkyl halides is 1. The molecule has 0 atom stereocenters. The molecule has 0 radical (unpaired) electrons. The summed E-state index contributed by atoms with van der Waals surface area (Å²) in [4.78, 5) is 10.2. The zero-order chi connectivity index (χ0) is 9.68. The van der Waals surface area contributed by atoms with Gasteiger partial charge in [0.15, 0.2) is 0 Å². The maximum Gasteiger partial charge on any atom is 0.213 e. The van der Waals surface area contributed by atoms with Gasteiger partial charge in [-0.25, -0.2) is 0 Å². The first kappa shape index (κ1) is 10.7. The predicted molar refractivity (Wildman–Crippen MR) is 49.7 cm³/mol. The highest BCUT2D eigenvalue weighted by molar-refractivity contribution is 6.17. The van der Waals surface area contributed by atoms with Crippen molar-refractivity contribution in [1.29, 1.82) is 0 Å². The minimum Gasteiger partial charge on any atom is -0.377 e. The Morgan fingerprint density at radius 2 is 2.00 bits per heavy atom. The Morgan fingerprint density at radius 1 is 1.38 bits per heavy atom. The Morgan fingerprint density at radius 3 is 2.46 bits per heavy atom. The van der Waals surface area contributed by atoms with Gasteiger partial charge in [-0.15, -0.1) is 11.6 Å². The van der Waals surface area contributed by atoms with Crippen molar-refractivity contribution in [1.82, 2.24) is 0 Å². The van der Waals surface area contributed by atoms with Crippen molar-refractivity contribution in [2.24, 2.45) is 0 Å². The van der Waals surface area contributed by atoms with Crippen LogP contribution in [-0.2, 0) is 4.74 Å². The van der Waals surface area contributed by atoms with Crippen LogP contribution in [0.3, 0.4) is 0 Å². The second kappa shape index (κ2) is 5.40. The fourth-order valence-corrected chi connectivity index (χ4v) is 1.72. The van der Waals surface area contributed by atoms with E-state index in [0.29, 0.717) is 25.3 Å². The number of rotatable bonds is 4. The van der Waals surface area contributed by atoms with Crippen molar-refractivity contribution in [3.8, 4) is 0 Å². The monoisotopic (exact) mass is 207 g/mol. The largest absolute Gasteiger partial charge is 0.377 e. The summed E-state index contributed by atoms with van der Waals surface area (Å²) in [6.07, 6.45) is 3.06. The third-order valence-electron chi connectivity index (χ3n) is 2.37. The zero-order valence-electron chi connectivity index (χ0n) is 7.45. The van der Waals surface area contributed by atoms with E-state index in [2.05, 4.69) is 0 Å². The van der Waals surface area contributed by atoms with E-state index in [-0.39, 0.29) is 17.1 Å². The molecule has 13 heavy (non-hydrogen) atoms.